The number of hydrogen-bond donors (Lipinski definition) is 3. The number of aliphatic hydroxyl groups is 1. The number of aliphatic hydroxyl groups excluding tert-OH is 1. The molecule has 1 heterocycles. The number of carbonyl (C=O) groups is 1. The Balaban J connectivity index is 1.89. The summed E-state index contributed by atoms with van der Waals surface area (Å²) in [5.74, 6) is -0.0301. The summed E-state index contributed by atoms with van der Waals surface area (Å²) in [6.07, 6.45) is 1.07. The lowest BCUT2D eigenvalue weighted by atomic mass is 10.1. The molecular formula is C14H20N2O2. The Kier molecular flexibility index (Phi) is 4.33. The van der Waals surface area contributed by atoms with Crippen LogP contribution >= 0.6 is 0 Å². The quantitative estimate of drug-likeness (QED) is 0.731. The van der Waals surface area contributed by atoms with Crippen molar-refractivity contribution in [1.29, 1.82) is 0 Å². The van der Waals surface area contributed by atoms with Crippen LogP contribution in [-0.4, -0.2) is 29.7 Å². The van der Waals surface area contributed by atoms with E-state index in [0.29, 0.717) is 19.5 Å². The van der Waals surface area contributed by atoms with E-state index in [9.17, 15) is 9.90 Å². The minimum absolute atomic E-state index is 0.0301. The molecule has 4 heteroatoms. The number of carbonyl (C=O) groups excluding carboxylic acids is 1. The zero-order valence-electron chi connectivity index (χ0n) is 10.6. The molecule has 2 atom stereocenters. The first kappa shape index (κ1) is 13.1. The SMILES string of the molecule is CCc1ccccc1CNC(=O)[C@@H]1C[C@H](O)CN1. The fraction of sp³-hybridized carbons (Fsp3) is 0.500. The molecule has 0 aliphatic carbocycles. The van der Waals surface area contributed by atoms with Crippen molar-refractivity contribution in [2.24, 2.45) is 0 Å². The van der Waals surface area contributed by atoms with Gasteiger partial charge < -0.3 is 15.7 Å². The van der Waals surface area contributed by atoms with Gasteiger partial charge in [0.15, 0.2) is 0 Å². The normalized spacial score (nSPS) is 23.0. The highest BCUT2D eigenvalue weighted by atomic mass is 16.3. The molecule has 0 spiro atoms. The Hall–Kier alpha value is -1.39. The van der Waals surface area contributed by atoms with Gasteiger partial charge in [-0.1, -0.05) is 31.2 Å². The van der Waals surface area contributed by atoms with Crippen LogP contribution in [-0.2, 0) is 17.8 Å². The molecule has 0 saturated carbocycles. The molecule has 1 aromatic carbocycles. The summed E-state index contributed by atoms with van der Waals surface area (Å²) in [5.41, 5.74) is 2.42. The van der Waals surface area contributed by atoms with Crippen molar-refractivity contribution < 1.29 is 9.90 Å². The van der Waals surface area contributed by atoms with Crippen LogP contribution < -0.4 is 10.6 Å². The Bertz CT molecular complexity index is 420. The van der Waals surface area contributed by atoms with Crippen molar-refractivity contribution >= 4 is 5.91 Å². The smallest absolute Gasteiger partial charge is 0.237 e. The highest BCUT2D eigenvalue weighted by Crippen LogP contribution is 2.10. The first-order valence-corrected chi connectivity index (χ1v) is 6.46. The average molecular weight is 248 g/mol. The molecule has 0 aromatic heterocycles. The minimum Gasteiger partial charge on any atom is -0.392 e. The third-order valence-corrected chi connectivity index (χ3v) is 3.38. The van der Waals surface area contributed by atoms with E-state index in [-0.39, 0.29) is 11.9 Å². The lowest BCUT2D eigenvalue weighted by Gasteiger charge is -2.13. The molecule has 98 valence electrons. The molecule has 2 rings (SSSR count). The van der Waals surface area contributed by atoms with E-state index < -0.39 is 6.10 Å². The number of aryl methyl sites for hydroxylation is 1. The van der Waals surface area contributed by atoms with Crippen LogP contribution in [0.25, 0.3) is 0 Å². The van der Waals surface area contributed by atoms with E-state index in [0.717, 1.165) is 12.0 Å². The van der Waals surface area contributed by atoms with E-state index >= 15 is 0 Å². The lowest BCUT2D eigenvalue weighted by Crippen LogP contribution is -2.40. The summed E-state index contributed by atoms with van der Waals surface area (Å²) in [5, 5.41) is 15.3. The van der Waals surface area contributed by atoms with Gasteiger partial charge in [-0.2, -0.15) is 0 Å². The maximum atomic E-state index is 11.9. The van der Waals surface area contributed by atoms with Crippen LogP contribution in [0.3, 0.4) is 0 Å². The number of amides is 1. The zero-order valence-corrected chi connectivity index (χ0v) is 10.6. The Labute approximate surface area is 107 Å². The standard InChI is InChI=1S/C14H20N2O2/c1-2-10-5-3-4-6-11(10)8-16-14(18)13-7-12(17)9-15-13/h3-6,12-13,15,17H,2,7-9H2,1H3,(H,16,18)/t12-,13-/m0/s1. The summed E-state index contributed by atoms with van der Waals surface area (Å²) in [7, 11) is 0. The fourth-order valence-corrected chi connectivity index (χ4v) is 2.30. The lowest BCUT2D eigenvalue weighted by molar-refractivity contribution is -0.123. The number of rotatable bonds is 4. The first-order chi connectivity index (χ1) is 8.70. The fourth-order valence-electron chi connectivity index (χ4n) is 2.30. The molecule has 3 N–H and O–H groups in total. The third-order valence-electron chi connectivity index (χ3n) is 3.38. The van der Waals surface area contributed by atoms with Crippen molar-refractivity contribution in [1.82, 2.24) is 10.6 Å². The largest absolute Gasteiger partial charge is 0.392 e. The molecule has 0 unspecified atom stereocenters. The molecule has 4 nitrogen and oxygen atoms in total. The van der Waals surface area contributed by atoms with Crippen LogP contribution in [0.15, 0.2) is 24.3 Å². The van der Waals surface area contributed by atoms with Crippen molar-refractivity contribution in [3.8, 4) is 0 Å². The Morgan fingerprint density at radius 2 is 2.17 bits per heavy atom. The van der Waals surface area contributed by atoms with Gasteiger partial charge in [0, 0.05) is 13.1 Å². The van der Waals surface area contributed by atoms with Gasteiger partial charge in [0.1, 0.15) is 0 Å². The molecular weight excluding hydrogens is 228 g/mol. The summed E-state index contributed by atoms with van der Waals surface area (Å²) in [4.78, 5) is 11.9. The second-order valence-corrected chi connectivity index (χ2v) is 4.69. The van der Waals surface area contributed by atoms with Crippen LogP contribution in [0.5, 0.6) is 0 Å². The van der Waals surface area contributed by atoms with Gasteiger partial charge in [-0.05, 0) is 24.0 Å². The van der Waals surface area contributed by atoms with Crippen LogP contribution in [0.2, 0.25) is 0 Å². The second-order valence-electron chi connectivity index (χ2n) is 4.69. The van der Waals surface area contributed by atoms with Crippen molar-refractivity contribution in [2.45, 2.75) is 38.5 Å². The Morgan fingerprint density at radius 1 is 1.44 bits per heavy atom. The maximum absolute atomic E-state index is 11.9. The molecule has 0 radical (unpaired) electrons. The molecule has 1 saturated heterocycles. The highest BCUT2D eigenvalue weighted by Gasteiger charge is 2.27. The van der Waals surface area contributed by atoms with Gasteiger partial charge in [0.25, 0.3) is 0 Å². The summed E-state index contributed by atoms with van der Waals surface area (Å²) in [6.45, 7) is 3.16. The summed E-state index contributed by atoms with van der Waals surface area (Å²) >= 11 is 0. The van der Waals surface area contributed by atoms with Gasteiger partial charge in [-0.15, -0.1) is 0 Å². The highest BCUT2D eigenvalue weighted by molar-refractivity contribution is 5.82. The minimum atomic E-state index is -0.399. The van der Waals surface area contributed by atoms with Gasteiger partial charge >= 0.3 is 0 Å². The summed E-state index contributed by atoms with van der Waals surface area (Å²) in [6, 6.07) is 7.86. The van der Waals surface area contributed by atoms with Crippen molar-refractivity contribution in [3.05, 3.63) is 35.4 Å². The molecule has 1 aromatic rings. The molecule has 1 fully saturated rings. The number of benzene rings is 1. The van der Waals surface area contributed by atoms with Gasteiger partial charge in [0.2, 0.25) is 5.91 Å². The van der Waals surface area contributed by atoms with Crippen LogP contribution in [0, 0.1) is 0 Å². The molecule has 1 aliphatic rings. The zero-order chi connectivity index (χ0) is 13.0. The maximum Gasteiger partial charge on any atom is 0.237 e. The predicted octanol–water partition coefficient (Wildman–Crippen LogP) is 0.588. The van der Waals surface area contributed by atoms with E-state index in [4.69, 9.17) is 0 Å². The molecule has 1 amide bonds. The molecule has 18 heavy (non-hydrogen) atoms. The third kappa shape index (κ3) is 3.09. The van der Waals surface area contributed by atoms with Crippen molar-refractivity contribution in [2.75, 3.05) is 6.54 Å². The average Bonchev–Trinajstić information content (AvgIpc) is 2.83. The van der Waals surface area contributed by atoms with E-state index in [1.165, 1.54) is 5.56 Å². The van der Waals surface area contributed by atoms with Crippen molar-refractivity contribution in [3.63, 3.8) is 0 Å². The van der Waals surface area contributed by atoms with E-state index in [1.807, 2.05) is 18.2 Å². The predicted molar refractivity (Wildman–Crippen MR) is 70.1 cm³/mol. The first-order valence-electron chi connectivity index (χ1n) is 6.46. The Morgan fingerprint density at radius 3 is 2.78 bits per heavy atom. The van der Waals surface area contributed by atoms with Crippen LogP contribution in [0.1, 0.15) is 24.5 Å². The second kappa shape index (κ2) is 5.98. The van der Waals surface area contributed by atoms with Crippen LogP contribution in [0.4, 0.5) is 0 Å². The van der Waals surface area contributed by atoms with Gasteiger partial charge in [-0.3, -0.25) is 4.79 Å². The number of hydrogen-bond acceptors (Lipinski definition) is 3. The van der Waals surface area contributed by atoms with E-state index in [2.05, 4.69) is 23.6 Å². The molecule has 1 aliphatic heterocycles. The number of β-amino-alcohol motifs (C(OH)–C–C–N with tert-alkyl or cyclic N) is 1. The monoisotopic (exact) mass is 248 g/mol. The van der Waals surface area contributed by atoms with E-state index in [1.54, 1.807) is 0 Å². The number of nitrogens with one attached hydrogen (secondary N) is 2. The summed E-state index contributed by atoms with van der Waals surface area (Å²) < 4.78 is 0. The molecule has 0 bridgehead atoms. The van der Waals surface area contributed by atoms with Gasteiger partial charge in [0.05, 0.1) is 12.1 Å². The van der Waals surface area contributed by atoms with Gasteiger partial charge in [-0.25, -0.2) is 0 Å². The topological polar surface area (TPSA) is 61.4 Å².